The van der Waals surface area contributed by atoms with Crippen molar-refractivity contribution in [3.8, 4) is 0 Å². The molecule has 1 aliphatic rings. The van der Waals surface area contributed by atoms with Crippen LogP contribution in [0.5, 0.6) is 0 Å². The minimum absolute atomic E-state index is 0.719. The molecule has 0 amide bonds. The molecule has 0 N–H and O–H groups in total. The first-order valence-corrected chi connectivity index (χ1v) is 8.22. The van der Waals surface area contributed by atoms with Crippen molar-refractivity contribution in [2.24, 2.45) is 0 Å². The molecule has 0 saturated heterocycles. The molecular formula is C18H17N7. The topological polar surface area (TPSA) is 55.0 Å². The van der Waals surface area contributed by atoms with Crippen molar-refractivity contribution in [2.75, 3.05) is 11.7 Å². The van der Waals surface area contributed by atoms with Crippen LogP contribution >= 0.6 is 0 Å². The van der Waals surface area contributed by atoms with Gasteiger partial charge in [0.05, 0.1) is 24.4 Å². The first kappa shape index (κ1) is 14.2. The molecule has 5 rings (SSSR count). The Kier molecular flexibility index (Phi) is 3.24. The van der Waals surface area contributed by atoms with Crippen LogP contribution in [0.4, 0.5) is 5.95 Å². The number of nitrogens with zero attached hydrogens (tertiary/aromatic N) is 7. The second kappa shape index (κ2) is 5.71. The number of benzene rings is 2. The maximum Gasteiger partial charge on any atom is 0.228 e. The SMILES string of the molecule is c1ccc(CN2CN(n3cnnc3)c3nc4ccccc4n3C2)cc1. The van der Waals surface area contributed by atoms with Crippen molar-refractivity contribution in [2.45, 2.75) is 13.2 Å². The maximum atomic E-state index is 4.82. The van der Waals surface area contributed by atoms with E-state index < -0.39 is 0 Å². The first-order valence-electron chi connectivity index (χ1n) is 8.22. The number of anilines is 1. The van der Waals surface area contributed by atoms with Gasteiger partial charge >= 0.3 is 0 Å². The Balaban J connectivity index is 1.58. The highest BCUT2D eigenvalue weighted by atomic mass is 15.7. The molecule has 0 unspecified atom stereocenters. The van der Waals surface area contributed by atoms with Gasteiger partial charge in [0.1, 0.15) is 12.7 Å². The minimum Gasteiger partial charge on any atom is -0.295 e. The zero-order chi connectivity index (χ0) is 16.6. The quantitative estimate of drug-likeness (QED) is 0.577. The van der Waals surface area contributed by atoms with E-state index in [1.807, 2.05) is 22.9 Å². The van der Waals surface area contributed by atoms with E-state index in [4.69, 9.17) is 4.98 Å². The van der Waals surface area contributed by atoms with Crippen molar-refractivity contribution in [3.63, 3.8) is 0 Å². The second-order valence-electron chi connectivity index (χ2n) is 6.17. The third-order valence-corrected chi connectivity index (χ3v) is 4.47. The Hall–Kier alpha value is -3.19. The number of para-hydroxylation sites is 2. The Bertz CT molecular complexity index is 991. The van der Waals surface area contributed by atoms with Gasteiger partial charge in [0.25, 0.3) is 0 Å². The summed E-state index contributed by atoms with van der Waals surface area (Å²) in [5.41, 5.74) is 3.42. The molecule has 0 saturated carbocycles. The molecule has 0 fully saturated rings. The van der Waals surface area contributed by atoms with Gasteiger partial charge in [-0.05, 0) is 17.7 Å². The Morgan fingerprint density at radius 3 is 2.44 bits per heavy atom. The highest BCUT2D eigenvalue weighted by molar-refractivity contribution is 5.79. The average Bonchev–Trinajstić information content (AvgIpc) is 3.30. The van der Waals surface area contributed by atoms with Crippen LogP contribution in [0.1, 0.15) is 5.56 Å². The molecule has 2 aromatic heterocycles. The summed E-state index contributed by atoms with van der Waals surface area (Å²) in [6.07, 6.45) is 3.41. The molecule has 0 aliphatic carbocycles. The van der Waals surface area contributed by atoms with Crippen LogP contribution < -0.4 is 5.01 Å². The van der Waals surface area contributed by atoms with Crippen LogP contribution in [0.25, 0.3) is 11.0 Å². The van der Waals surface area contributed by atoms with E-state index in [2.05, 4.69) is 61.1 Å². The lowest BCUT2D eigenvalue weighted by molar-refractivity contribution is 0.183. The molecular weight excluding hydrogens is 314 g/mol. The molecule has 3 heterocycles. The fourth-order valence-corrected chi connectivity index (χ4v) is 3.33. The fourth-order valence-electron chi connectivity index (χ4n) is 3.33. The summed E-state index contributed by atoms with van der Waals surface area (Å²) >= 11 is 0. The lowest BCUT2D eigenvalue weighted by Crippen LogP contribution is -2.46. The number of aromatic nitrogens is 5. The van der Waals surface area contributed by atoms with Gasteiger partial charge in [-0.25, -0.2) is 14.7 Å². The summed E-state index contributed by atoms with van der Waals surface area (Å²) in [6, 6.07) is 18.8. The molecule has 0 radical (unpaired) electrons. The zero-order valence-corrected chi connectivity index (χ0v) is 13.6. The monoisotopic (exact) mass is 331 g/mol. The van der Waals surface area contributed by atoms with Crippen molar-refractivity contribution in [3.05, 3.63) is 72.8 Å². The van der Waals surface area contributed by atoms with Gasteiger partial charge in [-0.3, -0.25) is 9.47 Å². The Morgan fingerprint density at radius 2 is 1.60 bits per heavy atom. The van der Waals surface area contributed by atoms with E-state index in [0.717, 1.165) is 36.9 Å². The molecule has 2 aromatic carbocycles. The molecule has 25 heavy (non-hydrogen) atoms. The van der Waals surface area contributed by atoms with Crippen LogP contribution in [-0.2, 0) is 13.2 Å². The van der Waals surface area contributed by atoms with Crippen LogP contribution in [0.15, 0.2) is 67.3 Å². The molecule has 0 spiro atoms. The normalized spacial score (nSPS) is 14.8. The number of imidazole rings is 1. The van der Waals surface area contributed by atoms with Crippen LogP contribution in [0.3, 0.4) is 0 Å². The van der Waals surface area contributed by atoms with Crippen LogP contribution in [0.2, 0.25) is 0 Å². The van der Waals surface area contributed by atoms with E-state index in [0.29, 0.717) is 0 Å². The van der Waals surface area contributed by atoms with Crippen molar-refractivity contribution < 1.29 is 0 Å². The summed E-state index contributed by atoms with van der Waals surface area (Å²) in [5, 5.41) is 9.99. The lowest BCUT2D eigenvalue weighted by Gasteiger charge is -2.36. The van der Waals surface area contributed by atoms with Gasteiger partial charge in [0.2, 0.25) is 5.95 Å². The molecule has 4 aromatic rings. The summed E-state index contributed by atoms with van der Waals surface area (Å²) in [4.78, 5) is 7.19. The summed E-state index contributed by atoms with van der Waals surface area (Å²) < 4.78 is 4.12. The molecule has 7 nitrogen and oxygen atoms in total. The largest absolute Gasteiger partial charge is 0.295 e. The van der Waals surface area contributed by atoms with Gasteiger partial charge in [-0.15, -0.1) is 10.2 Å². The smallest absolute Gasteiger partial charge is 0.228 e. The van der Waals surface area contributed by atoms with Gasteiger partial charge in [0.15, 0.2) is 0 Å². The highest BCUT2D eigenvalue weighted by Gasteiger charge is 2.27. The molecule has 1 aliphatic heterocycles. The van der Waals surface area contributed by atoms with Crippen molar-refractivity contribution >= 4 is 17.0 Å². The van der Waals surface area contributed by atoms with Gasteiger partial charge in [-0.1, -0.05) is 42.5 Å². The van der Waals surface area contributed by atoms with E-state index in [-0.39, 0.29) is 0 Å². The Morgan fingerprint density at radius 1 is 0.840 bits per heavy atom. The standard InChI is InChI=1S/C18H17N7/c1-2-6-15(7-3-1)10-22-13-24-17-9-5-4-8-16(17)21-18(24)25(14-22)23-11-19-20-12-23/h1-9,11-12H,10,13-14H2. The van der Waals surface area contributed by atoms with Crippen LogP contribution in [0, 0.1) is 0 Å². The summed E-state index contributed by atoms with van der Waals surface area (Å²) in [6.45, 7) is 2.38. The van der Waals surface area contributed by atoms with Crippen LogP contribution in [-0.4, -0.2) is 36.0 Å². The number of hydrogen-bond acceptors (Lipinski definition) is 5. The molecule has 7 heteroatoms. The van der Waals surface area contributed by atoms with Gasteiger partial charge in [-0.2, -0.15) is 0 Å². The number of rotatable bonds is 3. The lowest BCUT2D eigenvalue weighted by atomic mass is 10.2. The number of fused-ring (bicyclic) bond motifs is 3. The average molecular weight is 331 g/mol. The molecule has 124 valence electrons. The third kappa shape index (κ3) is 2.45. The van der Waals surface area contributed by atoms with E-state index >= 15 is 0 Å². The van der Waals surface area contributed by atoms with E-state index in [1.165, 1.54) is 5.56 Å². The van der Waals surface area contributed by atoms with Gasteiger partial charge < -0.3 is 0 Å². The third-order valence-electron chi connectivity index (χ3n) is 4.47. The van der Waals surface area contributed by atoms with Gasteiger partial charge in [0, 0.05) is 6.54 Å². The maximum absolute atomic E-state index is 4.82. The fraction of sp³-hybridized carbons (Fsp3) is 0.167. The predicted molar refractivity (Wildman–Crippen MR) is 94.5 cm³/mol. The summed E-state index contributed by atoms with van der Waals surface area (Å²) in [5.74, 6) is 0.908. The Labute approximate surface area is 144 Å². The van der Waals surface area contributed by atoms with E-state index in [9.17, 15) is 0 Å². The molecule has 0 atom stereocenters. The van der Waals surface area contributed by atoms with E-state index in [1.54, 1.807) is 12.7 Å². The minimum atomic E-state index is 0.719. The predicted octanol–water partition coefficient (Wildman–Crippen LogP) is 2.33. The zero-order valence-electron chi connectivity index (χ0n) is 13.6. The first-order chi connectivity index (χ1) is 12.4. The second-order valence-corrected chi connectivity index (χ2v) is 6.17. The van der Waals surface area contributed by atoms with Crippen molar-refractivity contribution in [1.29, 1.82) is 0 Å². The summed E-state index contributed by atoms with van der Waals surface area (Å²) in [7, 11) is 0. The highest BCUT2D eigenvalue weighted by Crippen LogP contribution is 2.27. The number of hydrogen-bond donors (Lipinski definition) is 0. The molecule has 0 bridgehead atoms. The van der Waals surface area contributed by atoms with Crippen molar-refractivity contribution in [1.82, 2.24) is 29.3 Å².